The second-order valence-electron chi connectivity index (χ2n) is 23.2. The minimum atomic E-state index is -1.46. The van der Waals surface area contributed by atoms with Crippen LogP contribution in [0.3, 0.4) is 0 Å². The molecule has 5 saturated carbocycles. The van der Waals surface area contributed by atoms with Crippen molar-refractivity contribution in [3.63, 3.8) is 0 Å². The van der Waals surface area contributed by atoms with E-state index in [0.29, 0.717) is 51.4 Å². The zero-order valence-electron chi connectivity index (χ0n) is 44.7. The molecule has 20 atom stereocenters. The van der Waals surface area contributed by atoms with Gasteiger partial charge in [-0.05, 0) is 91.0 Å². The van der Waals surface area contributed by atoms with Crippen LogP contribution in [0.1, 0.15) is 135 Å². The van der Waals surface area contributed by atoms with Crippen LogP contribution in [0.25, 0.3) is 62.7 Å². The smallest absolute Gasteiger partial charge is 0.169 e. The number of fused-ring (bicyclic) bond motifs is 4. The number of ether oxygens (including phenoxy) is 15. The van der Waals surface area contributed by atoms with Crippen LogP contribution in [0.15, 0.2) is 30.7 Å². The molecule has 4 spiro atoms. The quantitative estimate of drug-likeness (QED) is 0.0676. The molecule has 12 rings (SSSR count). The number of rotatable bonds is 14. The number of hydrogen-bond donors (Lipinski definition) is 0. The van der Waals surface area contributed by atoms with Crippen LogP contribution >= 0.6 is 0 Å². The molecule has 7 heterocycles. The zero-order chi connectivity index (χ0) is 55.6. The summed E-state index contributed by atoms with van der Waals surface area (Å²) in [5.41, 5.74) is 59.7. The highest BCUT2D eigenvalue weighted by molar-refractivity contribution is 5.09. The fraction of sp³-hybridized carbons (Fsp3) is 1.00. The van der Waals surface area contributed by atoms with Gasteiger partial charge in [0.15, 0.2) is 48.2 Å². The normalized spacial score (nSPS) is 43.3. The lowest BCUT2D eigenvalue weighted by atomic mass is 9.84. The summed E-state index contributed by atoms with van der Waals surface area (Å²) in [4.78, 5) is 18.8. The monoisotopic (exact) mass is 1140 g/mol. The van der Waals surface area contributed by atoms with Crippen LogP contribution in [-0.2, 0) is 71.1 Å². The molecule has 33 nitrogen and oxygen atoms in total. The first-order valence-electron chi connectivity index (χ1n) is 28.8. The standard InChI is InChI=1S/C48H68N18O15/c49-61-55-25-21-26(56-62-50)32-37(79-47(76-32)17-9-3-10-18-47)31(25)73-43-29(57-63-51)35(33-27(71-43)22-69-45(77-33)13-5-1-6-14-45)67-24-68-36-30(58-64-52)44(72-28-23-70-46(78-34(28)36)15-7-2-8-16-46)74-39-38-40(42(60-66-54)75-41(39)59-65-53)81-48(80-38)19-11-4-12-20-48/h25-44H,1-24H2/t25?,26-,27?,28?,29?,30+,31-,32-,33-,34-,35-,36?,37?,38?,39+,40+,41?,42-,43-,44-/m1/s1. The van der Waals surface area contributed by atoms with Gasteiger partial charge in [0.25, 0.3) is 0 Å². The van der Waals surface area contributed by atoms with E-state index in [1.807, 2.05) is 0 Å². The van der Waals surface area contributed by atoms with E-state index in [0.717, 1.165) is 77.0 Å². The minimum Gasteiger partial charge on any atom is -0.357 e. The summed E-state index contributed by atoms with van der Waals surface area (Å²) in [5, 5.41) is 24.4. The third kappa shape index (κ3) is 11.3. The molecule has 0 N–H and O–H groups in total. The van der Waals surface area contributed by atoms with Crippen LogP contribution in [-0.4, -0.2) is 166 Å². The summed E-state index contributed by atoms with van der Waals surface area (Å²) in [5.74, 6) is -4.02. The predicted molar refractivity (Wildman–Crippen MR) is 269 cm³/mol. The molecule has 7 saturated heterocycles. The van der Waals surface area contributed by atoms with E-state index in [2.05, 4.69) is 60.2 Å². The van der Waals surface area contributed by atoms with E-state index in [4.69, 9.17) is 71.1 Å². The molecule has 0 aromatic carbocycles. The van der Waals surface area contributed by atoms with E-state index < -0.39 is 152 Å². The van der Waals surface area contributed by atoms with Gasteiger partial charge in [0.05, 0.1) is 37.5 Å². The lowest BCUT2D eigenvalue weighted by Gasteiger charge is -2.54. The van der Waals surface area contributed by atoms with Crippen LogP contribution in [0.5, 0.6) is 0 Å². The molecule has 0 bridgehead atoms. The minimum absolute atomic E-state index is 0.0276. The van der Waals surface area contributed by atoms with Crippen molar-refractivity contribution in [2.45, 2.75) is 280 Å². The average Bonchev–Trinajstić information content (AvgIpc) is 4.13. The first kappa shape index (κ1) is 56.7. The summed E-state index contributed by atoms with van der Waals surface area (Å²) in [6.07, 6.45) is -2.16. The van der Waals surface area contributed by atoms with E-state index >= 15 is 0 Å². The Kier molecular flexibility index (Phi) is 17.1. The van der Waals surface area contributed by atoms with Crippen LogP contribution < -0.4 is 0 Å². The summed E-state index contributed by atoms with van der Waals surface area (Å²) in [6.45, 7) is -0.480. The summed E-state index contributed by atoms with van der Waals surface area (Å²) in [6, 6.07) is -4.34. The molecule has 440 valence electrons. The van der Waals surface area contributed by atoms with E-state index in [1.165, 1.54) is 0 Å². The van der Waals surface area contributed by atoms with Crippen molar-refractivity contribution in [2.75, 3.05) is 20.0 Å². The highest BCUT2D eigenvalue weighted by Crippen LogP contribution is 2.51. The van der Waals surface area contributed by atoms with E-state index in [9.17, 15) is 33.2 Å². The Bertz CT molecular complexity index is 2390. The first-order chi connectivity index (χ1) is 39.7. The third-order valence-corrected chi connectivity index (χ3v) is 18.4. The van der Waals surface area contributed by atoms with Crippen molar-refractivity contribution in [1.82, 2.24) is 0 Å². The lowest BCUT2D eigenvalue weighted by molar-refractivity contribution is -0.404. The highest BCUT2D eigenvalue weighted by Gasteiger charge is 2.63. The Morgan fingerprint density at radius 3 is 1.25 bits per heavy atom. The molecule has 0 aromatic heterocycles. The molecule has 0 amide bonds. The Morgan fingerprint density at radius 1 is 0.370 bits per heavy atom. The Morgan fingerprint density at radius 2 is 0.765 bits per heavy atom. The summed E-state index contributed by atoms with van der Waals surface area (Å²) in [7, 11) is 0. The molecule has 12 aliphatic rings. The maximum absolute atomic E-state index is 10.4. The van der Waals surface area contributed by atoms with Gasteiger partial charge in [-0.1, -0.05) is 56.4 Å². The van der Waals surface area contributed by atoms with Crippen molar-refractivity contribution in [3.8, 4) is 0 Å². The maximum atomic E-state index is 10.4. The SMILES string of the molecule is [N-]=[N+]=NC1C[C@@H](N=[N+]=[N-])[C@H]2OC3(CCCCC3)OC2[C@@H]1O[C@H]1OC2COC3(CCCCC3)O[C@H]2[C@H](OCOC2[C@@H]3OC4(CCCCC4)OCC3O[C@H](O[C@@H]3C(N=[N+]=[N-])O[C@@H](N=[N+]=[N-])[C@H]4OC5(CCCCC5)OC34)[C@H]2N=[N+]=[N-])C1N=[N+]=[N-]. The second-order valence-corrected chi connectivity index (χ2v) is 23.2. The molecule has 8 unspecified atom stereocenters. The Hall–Kier alpha value is -4.74. The van der Waals surface area contributed by atoms with Gasteiger partial charge >= 0.3 is 0 Å². The molecule has 7 aliphatic heterocycles. The van der Waals surface area contributed by atoms with E-state index in [-0.39, 0.29) is 19.6 Å². The fourth-order valence-corrected chi connectivity index (χ4v) is 14.7. The Balaban J connectivity index is 0.856. The second kappa shape index (κ2) is 24.5. The highest BCUT2D eigenvalue weighted by atomic mass is 16.8. The number of hydrogen-bond acceptors (Lipinski definition) is 21. The maximum Gasteiger partial charge on any atom is 0.169 e. The van der Waals surface area contributed by atoms with Crippen LogP contribution in [0.4, 0.5) is 0 Å². The molecule has 81 heavy (non-hydrogen) atoms. The molecular weight excluding hydrogens is 1070 g/mol. The molecular formula is C48H68N18O15. The lowest BCUT2D eigenvalue weighted by Crippen LogP contribution is -2.68. The van der Waals surface area contributed by atoms with Gasteiger partial charge in [-0.25, -0.2) is 0 Å². The van der Waals surface area contributed by atoms with E-state index in [1.54, 1.807) is 0 Å². The topological polar surface area (TPSA) is 431 Å². The number of azide groups is 6. The molecule has 12 fully saturated rings. The van der Waals surface area contributed by atoms with Gasteiger partial charge in [0.1, 0.15) is 79.9 Å². The summed E-state index contributed by atoms with van der Waals surface area (Å²) >= 11 is 0. The van der Waals surface area contributed by atoms with Gasteiger partial charge < -0.3 is 71.1 Å². The van der Waals surface area contributed by atoms with Crippen molar-refractivity contribution >= 4 is 0 Å². The van der Waals surface area contributed by atoms with Crippen LogP contribution in [0, 0.1) is 0 Å². The number of nitrogens with zero attached hydrogens (tertiary/aromatic N) is 18. The zero-order valence-corrected chi connectivity index (χ0v) is 44.7. The summed E-state index contributed by atoms with van der Waals surface area (Å²) < 4.78 is 100. The molecule has 0 radical (unpaired) electrons. The fourth-order valence-electron chi connectivity index (χ4n) is 14.7. The third-order valence-electron chi connectivity index (χ3n) is 18.4. The molecule has 0 aromatic rings. The van der Waals surface area contributed by atoms with Crippen molar-refractivity contribution in [1.29, 1.82) is 0 Å². The van der Waals surface area contributed by atoms with Crippen molar-refractivity contribution in [3.05, 3.63) is 62.7 Å². The van der Waals surface area contributed by atoms with Gasteiger partial charge in [-0.3, -0.25) is 0 Å². The van der Waals surface area contributed by atoms with Crippen molar-refractivity contribution in [2.24, 2.45) is 30.7 Å². The van der Waals surface area contributed by atoms with Crippen molar-refractivity contribution < 1.29 is 71.1 Å². The van der Waals surface area contributed by atoms with Gasteiger partial charge in [0.2, 0.25) is 0 Å². The average molecular weight is 1140 g/mol. The predicted octanol–water partition coefficient (Wildman–Crippen LogP) is 9.40. The van der Waals surface area contributed by atoms with Gasteiger partial charge in [-0.15, -0.1) is 0 Å². The first-order valence-corrected chi connectivity index (χ1v) is 28.8. The van der Waals surface area contributed by atoms with Gasteiger partial charge in [-0.2, -0.15) is 0 Å². The largest absolute Gasteiger partial charge is 0.357 e. The molecule has 5 aliphatic carbocycles. The van der Waals surface area contributed by atoms with Crippen LogP contribution in [0.2, 0.25) is 0 Å². The molecule has 33 heteroatoms. The van der Waals surface area contributed by atoms with Gasteiger partial charge in [0, 0.05) is 80.8 Å². The Labute approximate surface area is 463 Å².